The lowest BCUT2D eigenvalue weighted by Crippen LogP contribution is -2.30. The smallest absolute Gasteiger partial charge is 0.253 e. The molecule has 0 radical (unpaired) electrons. The quantitative estimate of drug-likeness (QED) is 0.727. The molecular weight excluding hydrogens is 340 g/mol. The lowest BCUT2D eigenvalue weighted by molar-refractivity contribution is -0.122. The molecule has 5 heteroatoms. The van der Waals surface area contributed by atoms with Gasteiger partial charge in [0.2, 0.25) is 5.91 Å². The van der Waals surface area contributed by atoms with Crippen LogP contribution in [0, 0.1) is 13.8 Å². The Bertz CT molecular complexity index is 1050. The van der Waals surface area contributed by atoms with Crippen molar-refractivity contribution in [1.29, 1.82) is 0 Å². The first-order valence-electron chi connectivity index (χ1n) is 8.94. The molecule has 0 aliphatic heterocycles. The van der Waals surface area contributed by atoms with E-state index in [0.717, 1.165) is 33.3 Å². The van der Waals surface area contributed by atoms with Gasteiger partial charge in [-0.2, -0.15) is 0 Å². The van der Waals surface area contributed by atoms with E-state index in [4.69, 9.17) is 4.74 Å². The van der Waals surface area contributed by atoms with Crippen molar-refractivity contribution in [1.82, 2.24) is 10.3 Å². The average Bonchev–Trinajstić information content (AvgIpc) is 2.65. The Kier molecular flexibility index (Phi) is 5.31. The number of ether oxygens (including phenoxy) is 1. The number of nitrogens with one attached hydrogen (secondary N) is 2. The van der Waals surface area contributed by atoms with Gasteiger partial charge >= 0.3 is 0 Å². The topological polar surface area (TPSA) is 71.2 Å². The van der Waals surface area contributed by atoms with Crippen LogP contribution in [0.3, 0.4) is 0 Å². The fraction of sp³-hybridized carbons (Fsp3) is 0.273. The van der Waals surface area contributed by atoms with E-state index in [9.17, 15) is 9.59 Å². The monoisotopic (exact) mass is 364 g/mol. The summed E-state index contributed by atoms with van der Waals surface area (Å²) in [5.74, 6) is 0.378. The minimum atomic E-state index is -0.318. The molecule has 3 aromatic rings. The predicted molar refractivity (Wildman–Crippen MR) is 107 cm³/mol. The number of carbonyl (C=O) groups is 1. The zero-order valence-electron chi connectivity index (χ0n) is 16.1. The molecule has 0 bridgehead atoms. The molecule has 3 rings (SSSR count). The molecule has 140 valence electrons. The van der Waals surface area contributed by atoms with Gasteiger partial charge in [-0.3, -0.25) is 9.59 Å². The van der Waals surface area contributed by atoms with E-state index >= 15 is 0 Å². The van der Waals surface area contributed by atoms with Gasteiger partial charge in [-0.25, -0.2) is 0 Å². The summed E-state index contributed by atoms with van der Waals surface area (Å²) < 4.78 is 5.25. The second kappa shape index (κ2) is 7.66. The van der Waals surface area contributed by atoms with Crippen molar-refractivity contribution in [2.75, 3.05) is 7.11 Å². The minimum Gasteiger partial charge on any atom is -0.497 e. The number of pyridine rings is 1. The van der Waals surface area contributed by atoms with Crippen molar-refractivity contribution < 1.29 is 9.53 Å². The number of amides is 1. The fourth-order valence-electron chi connectivity index (χ4n) is 3.22. The maximum atomic E-state index is 12.6. The van der Waals surface area contributed by atoms with Gasteiger partial charge < -0.3 is 15.0 Å². The zero-order chi connectivity index (χ0) is 19.6. The van der Waals surface area contributed by atoms with Crippen LogP contribution in [0.1, 0.15) is 35.2 Å². The fourth-order valence-corrected chi connectivity index (χ4v) is 3.22. The molecule has 0 aliphatic rings. The first-order valence-corrected chi connectivity index (χ1v) is 8.94. The lowest BCUT2D eigenvalue weighted by Gasteiger charge is -2.14. The van der Waals surface area contributed by atoms with Gasteiger partial charge in [0.25, 0.3) is 5.56 Å². The van der Waals surface area contributed by atoms with Crippen LogP contribution in [0.4, 0.5) is 0 Å². The molecule has 1 atom stereocenters. The van der Waals surface area contributed by atoms with Gasteiger partial charge in [0.15, 0.2) is 0 Å². The second-order valence-corrected chi connectivity index (χ2v) is 6.86. The number of benzene rings is 2. The van der Waals surface area contributed by atoms with Crippen LogP contribution < -0.4 is 15.6 Å². The van der Waals surface area contributed by atoms with Crippen LogP contribution >= 0.6 is 0 Å². The number of methoxy groups -OCH3 is 1. The highest BCUT2D eigenvalue weighted by molar-refractivity contribution is 5.88. The Morgan fingerprint density at radius 2 is 1.81 bits per heavy atom. The van der Waals surface area contributed by atoms with Crippen molar-refractivity contribution in [3.8, 4) is 5.75 Å². The molecule has 2 N–H and O–H groups in total. The molecular formula is C22H24N2O3. The standard InChI is InChI=1S/C22H24N2O3/c1-13-9-14(2)24-22(26)20(13)12-23-21(25)15(3)16-5-6-18-11-19(27-4)8-7-17(18)10-16/h5-11,15H,12H2,1-4H3,(H,23,25)(H,24,26)/t15-/m0/s1. The second-order valence-electron chi connectivity index (χ2n) is 6.86. The minimum absolute atomic E-state index is 0.109. The first-order chi connectivity index (χ1) is 12.9. The van der Waals surface area contributed by atoms with Crippen LogP contribution in [0.25, 0.3) is 10.8 Å². The Labute approximate surface area is 158 Å². The highest BCUT2D eigenvalue weighted by atomic mass is 16.5. The lowest BCUT2D eigenvalue weighted by atomic mass is 9.97. The van der Waals surface area contributed by atoms with Gasteiger partial charge in [-0.15, -0.1) is 0 Å². The van der Waals surface area contributed by atoms with Crippen molar-refractivity contribution in [3.63, 3.8) is 0 Å². The van der Waals surface area contributed by atoms with Crippen LogP contribution in [-0.2, 0) is 11.3 Å². The van der Waals surface area contributed by atoms with Gasteiger partial charge in [0.1, 0.15) is 5.75 Å². The Balaban J connectivity index is 1.75. The molecule has 1 heterocycles. The first kappa shape index (κ1) is 18.7. The Hall–Kier alpha value is -3.08. The third kappa shape index (κ3) is 4.03. The van der Waals surface area contributed by atoms with Crippen LogP contribution in [0.15, 0.2) is 47.3 Å². The SMILES string of the molecule is COc1ccc2cc([C@H](C)C(=O)NCc3c(C)cc(C)[nH]c3=O)ccc2c1. The number of H-pyrrole nitrogens is 1. The summed E-state index contributed by atoms with van der Waals surface area (Å²) in [4.78, 5) is 27.5. The molecule has 0 saturated heterocycles. The van der Waals surface area contributed by atoms with E-state index < -0.39 is 0 Å². The van der Waals surface area contributed by atoms with Crippen molar-refractivity contribution in [2.45, 2.75) is 33.2 Å². The number of aromatic amines is 1. The molecule has 0 spiro atoms. The average molecular weight is 364 g/mol. The maximum absolute atomic E-state index is 12.6. The summed E-state index contributed by atoms with van der Waals surface area (Å²) in [6.45, 7) is 5.81. The summed E-state index contributed by atoms with van der Waals surface area (Å²) in [6, 6.07) is 13.7. The molecule has 0 unspecified atom stereocenters. The van der Waals surface area contributed by atoms with Crippen molar-refractivity contribution >= 4 is 16.7 Å². The highest BCUT2D eigenvalue weighted by Crippen LogP contribution is 2.25. The predicted octanol–water partition coefficient (Wildman–Crippen LogP) is 3.57. The number of hydrogen-bond donors (Lipinski definition) is 2. The maximum Gasteiger partial charge on any atom is 0.253 e. The van der Waals surface area contributed by atoms with E-state index in [2.05, 4.69) is 10.3 Å². The molecule has 0 saturated carbocycles. The van der Waals surface area contributed by atoms with E-state index in [0.29, 0.717) is 5.56 Å². The van der Waals surface area contributed by atoms with Gasteiger partial charge in [-0.1, -0.05) is 24.3 Å². The van der Waals surface area contributed by atoms with E-state index in [1.54, 1.807) is 7.11 Å². The molecule has 5 nitrogen and oxygen atoms in total. The number of aromatic nitrogens is 1. The van der Waals surface area contributed by atoms with Gasteiger partial charge in [-0.05, 0) is 60.9 Å². The Morgan fingerprint density at radius 3 is 2.52 bits per heavy atom. The summed E-state index contributed by atoms with van der Waals surface area (Å²) in [7, 11) is 1.64. The Morgan fingerprint density at radius 1 is 1.11 bits per heavy atom. The summed E-state index contributed by atoms with van der Waals surface area (Å²) in [6.07, 6.45) is 0. The molecule has 1 aromatic heterocycles. The molecule has 27 heavy (non-hydrogen) atoms. The summed E-state index contributed by atoms with van der Waals surface area (Å²) >= 11 is 0. The normalized spacial score (nSPS) is 12.0. The number of fused-ring (bicyclic) bond motifs is 1. The number of carbonyl (C=O) groups excluding carboxylic acids is 1. The van der Waals surface area contributed by atoms with Crippen LogP contribution in [-0.4, -0.2) is 18.0 Å². The number of aryl methyl sites for hydroxylation is 2. The third-order valence-electron chi connectivity index (χ3n) is 4.90. The largest absolute Gasteiger partial charge is 0.497 e. The molecule has 0 aliphatic carbocycles. The summed E-state index contributed by atoms with van der Waals surface area (Å²) in [5.41, 5.74) is 3.06. The molecule has 2 aromatic carbocycles. The van der Waals surface area contributed by atoms with Crippen LogP contribution in [0.2, 0.25) is 0 Å². The van der Waals surface area contributed by atoms with E-state index in [1.807, 2.05) is 63.2 Å². The third-order valence-corrected chi connectivity index (χ3v) is 4.90. The number of hydrogen-bond acceptors (Lipinski definition) is 3. The zero-order valence-corrected chi connectivity index (χ0v) is 16.1. The van der Waals surface area contributed by atoms with E-state index in [1.165, 1.54) is 0 Å². The van der Waals surface area contributed by atoms with Crippen molar-refractivity contribution in [2.24, 2.45) is 0 Å². The summed E-state index contributed by atoms with van der Waals surface area (Å²) in [5, 5.41) is 5.00. The highest BCUT2D eigenvalue weighted by Gasteiger charge is 2.16. The van der Waals surface area contributed by atoms with Crippen molar-refractivity contribution in [3.05, 3.63) is 75.2 Å². The molecule has 0 fully saturated rings. The molecule has 1 amide bonds. The van der Waals surface area contributed by atoms with Gasteiger partial charge in [0, 0.05) is 17.8 Å². The van der Waals surface area contributed by atoms with Crippen LogP contribution in [0.5, 0.6) is 5.75 Å². The van der Waals surface area contributed by atoms with E-state index in [-0.39, 0.29) is 23.9 Å². The number of rotatable bonds is 5. The van der Waals surface area contributed by atoms with Gasteiger partial charge in [0.05, 0.1) is 13.0 Å².